The lowest BCUT2D eigenvalue weighted by Gasteiger charge is -2.21. The van der Waals surface area contributed by atoms with Crippen molar-refractivity contribution in [3.8, 4) is 22.4 Å². The number of benzene rings is 9. The Kier molecular flexibility index (Phi) is 7.35. The Labute approximate surface area is 322 Å². The molecule has 0 aliphatic rings. The fourth-order valence-electron chi connectivity index (χ4n) is 8.61. The van der Waals surface area contributed by atoms with Gasteiger partial charge in [0.2, 0.25) is 0 Å². The topological polar surface area (TPSA) is 30.0 Å². The summed E-state index contributed by atoms with van der Waals surface area (Å²) in [7, 11) is -3.17. The first-order chi connectivity index (χ1) is 27.2. The smallest absolute Gasteiger partial charge is 0.171 e. The summed E-state index contributed by atoms with van der Waals surface area (Å²) in [4.78, 5) is 5.53. The van der Waals surface area contributed by atoms with E-state index in [2.05, 4.69) is 127 Å². The van der Waals surface area contributed by atoms with Crippen molar-refractivity contribution in [3.05, 3.63) is 194 Å². The van der Waals surface area contributed by atoms with Crippen LogP contribution in [0.25, 0.3) is 85.8 Å². The molecule has 0 aliphatic carbocycles. The van der Waals surface area contributed by atoms with E-state index < -0.39 is 7.14 Å². The van der Waals surface area contributed by atoms with Crippen molar-refractivity contribution in [2.24, 2.45) is 0 Å². The van der Waals surface area contributed by atoms with E-state index in [1.54, 1.807) is 0 Å². The van der Waals surface area contributed by atoms with Gasteiger partial charge in [0.1, 0.15) is 0 Å². The van der Waals surface area contributed by atoms with Gasteiger partial charge >= 0.3 is 0 Å². The van der Waals surface area contributed by atoms with E-state index in [0.717, 1.165) is 49.2 Å². The molecule has 11 aromatic rings. The third kappa shape index (κ3) is 4.94. The van der Waals surface area contributed by atoms with Crippen LogP contribution >= 0.6 is 18.5 Å². The first-order valence-electron chi connectivity index (χ1n) is 18.6. The minimum Gasteiger partial charge on any atom is -0.309 e. The number of hydrogen-bond acceptors (Lipinski definition) is 3. The number of pyridine rings is 1. The predicted octanol–water partition coefficient (Wildman–Crippen LogP) is 13.0. The summed E-state index contributed by atoms with van der Waals surface area (Å²) in [5.41, 5.74) is 5.13. The van der Waals surface area contributed by atoms with Crippen molar-refractivity contribution >= 4 is 97.8 Å². The van der Waals surface area contributed by atoms with E-state index in [0.29, 0.717) is 0 Å². The van der Waals surface area contributed by atoms with Gasteiger partial charge < -0.3 is 4.57 Å². The zero-order valence-electron chi connectivity index (χ0n) is 29.7. The van der Waals surface area contributed by atoms with E-state index in [9.17, 15) is 0 Å². The second-order valence-corrected chi connectivity index (χ2v) is 18.0. The molecule has 4 heteroatoms. The second-order valence-electron chi connectivity index (χ2n) is 14.1. The third-order valence-electron chi connectivity index (χ3n) is 11.1. The van der Waals surface area contributed by atoms with Crippen molar-refractivity contribution in [1.29, 1.82) is 0 Å². The second kappa shape index (κ2) is 12.6. The molecule has 0 unspecified atom stereocenters. The highest BCUT2D eigenvalue weighted by molar-refractivity contribution is 7.85. The van der Waals surface area contributed by atoms with Crippen molar-refractivity contribution in [2.45, 2.75) is 0 Å². The van der Waals surface area contributed by atoms with Gasteiger partial charge in [0, 0.05) is 42.3 Å². The van der Waals surface area contributed by atoms with Crippen LogP contribution in [-0.4, -0.2) is 4.98 Å². The molecule has 0 fully saturated rings. The molecule has 258 valence electrons. The molecule has 0 saturated heterocycles. The quantitative estimate of drug-likeness (QED) is 0.130. The van der Waals surface area contributed by atoms with E-state index in [1.807, 2.05) is 78.1 Å². The van der Waals surface area contributed by atoms with Gasteiger partial charge in [-0.2, -0.15) is 0 Å². The molecule has 0 amide bonds. The predicted molar refractivity (Wildman–Crippen MR) is 237 cm³/mol. The van der Waals surface area contributed by atoms with E-state index in [-0.39, 0.29) is 0 Å². The molecule has 0 aliphatic heterocycles. The highest BCUT2D eigenvalue weighted by atomic mass is 32.1. The summed E-state index contributed by atoms with van der Waals surface area (Å²) in [6.07, 6.45) is 0. The molecule has 0 saturated carbocycles. The Morgan fingerprint density at radius 2 is 0.945 bits per heavy atom. The van der Waals surface area contributed by atoms with Gasteiger partial charge in [-0.1, -0.05) is 170 Å². The Morgan fingerprint density at radius 1 is 0.400 bits per heavy atom. The Morgan fingerprint density at radius 3 is 1.62 bits per heavy atom. The van der Waals surface area contributed by atoms with E-state index >= 15 is 4.57 Å². The van der Waals surface area contributed by atoms with Crippen molar-refractivity contribution in [1.82, 2.24) is 4.98 Å². The van der Waals surface area contributed by atoms with Crippen LogP contribution in [0.5, 0.6) is 0 Å². The summed E-state index contributed by atoms with van der Waals surface area (Å²) >= 11 is 1.81. The zero-order valence-corrected chi connectivity index (χ0v) is 31.4. The molecule has 0 N–H and O–H groups in total. The molecule has 2 nitrogen and oxygen atoms in total. The van der Waals surface area contributed by atoms with Crippen LogP contribution in [0.15, 0.2) is 194 Å². The van der Waals surface area contributed by atoms with Crippen LogP contribution in [0, 0.1) is 0 Å². The van der Waals surface area contributed by atoms with Crippen molar-refractivity contribution in [3.63, 3.8) is 0 Å². The van der Waals surface area contributed by atoms with E-state index in [1.165, 1.54) is 52.5 Å². The number of thiophene rings is 1. The molecule has 0 bridgehead atoms. The SMILES string of the molecule is O=P(c1ccccc1)(c1ccccc1)c1cccc(-c2cccc3nc(-c4ccc5c6ccccc6c6ccccc6c5c4)c4sc5ccccc5c4c23)c1. The van der Waals surface area contributed by atoms with Crippen molar-refractivity contribution < 1.29 is 4.57 Å². The monoisotopic (exact) mass is 737 g/mol. The summed E-state index contributed by atoms with van der Waals surface area (Å²) < 4.78 is 17.8. The average molecular weight is 738 g/mol. The fraction of sp³-hybridized carbons (Fsp3) is 0. The highest BCUT2D eigenvalue weighted by Crippen LogP contribution is 2.48. The van der Waals surface area contributed by atoms with Gasteiger partial charge in [-0.25, -0.2) is 4.98 Å². The normalized spacial score (nSPS) is 12.1. The first-order valence-corrected chi connectivity index (χ1v) is 21.1. The summed E-state index contributed by atoms with van der Waals surface area (Å²) in [6, 6.07) is 67.7. The lowest BCUT2D eigenvalue weighted by atomic mass is 9.92. The molecule has 0 spiro atoms. The van der Waals surface area contributed by atoms with Crippen LogP contribution in [-0.2, 0) is 4.57 Å². The Hall–Kier alpha value is -6.38. The average Bonchev–Trinajstić information content (AvgIpc) is 3.66. The Balaban J connectivity index is 1.17. The van der Waals surface area contributed by atoms with Gasteiger partial charge in [0.25, 0.3) is 0 Å². The van der Waals surface area contributed by atoms with Crippen LogP contribution in [0.2, 0.25) is 0 Å². The van der Waals surface area contributed by atoms with Gasteiger partial charge in [0.05, 0.1) is 15.9 Å². The maximum absolute atomic E-state index is 15.4. The van der Waals surface area contributed by atoms with E-state index in [4.69, 9.17) is 4.98 Å². The third-order valence-corrected chi connectivity index (χ3v) is 15.3. The number of nitrogens with zero attached hydrogens (tertiary/aromatic N) is 1. The largest absolute Gasteiger partial charge is 0.309 e. The lowest BCUT2D eigenvalue weighted by molar-refractivity contribution is 0.592. The Bertz CT molecular complexity index is 3270. The fourth-order valence-corrected chi connectivity index (χ4v) is 12.5. The maximum atomic E-state index is 15.4. The van der Waals surface area contributed by atoms with Crippen molar-refractivity contribution in [2.75, 3.05) is 0 Å². The van der Waals surface area contributed by atoms with Gasteiger partial charge in [-0.15, -0.1) is 11.3 Å². The van der Waals surface area contributed by atoms with Gasteiger partial charge in [-0.05, 0) is 67.7 Å². The lowest BCUT2D eigenvalue weighted by Crippen LogP contribution is -2.25. The summed E-state index contributed by atoms with van der Waals surface area (Å²) in [5.74, 6) is 0. The molecule has 55 heavy (non-hydrogen) atoms. The van der Waals surface area contributed by atoms with Crippen LogP contribution < -0.4 is 15.9 Å². The number of fused-ring (bicyclic) bond motifs is 11. The van der Waals surface area contributed by atoms with Gasteiger partial charge in [-0.3, -0.25) is 0 Å². The summed E-state index contributed by atoms with van der Waals surface area (Å²) in [5, 5.41) is 13.5. The minimum atomic E-state index is -3.17. The van der Waals surface area contributed by atoms with Gasteiger partial charge in [0.15, 0.2) is 7.14 Å². The zero-order chi connectivity index (χ0) is 36.5. The molecule has 2 aromatic heterocycles. The number of aromatic nitrogens is 1. The molecular weight excluding hydrogens is 706 g/mol. The standard InChI is InChI=1S/C51H32NOPS/c53-54(35-16-3-1-4-17-35,36-18-5-2-6-19-36)37-20-13-15-33(31-37)38-26-14-27-46-48(38)49-44-25-11-12-28-47(44)55-51(49)50(52-46)34-29-30-43-41-23-8-7-21-39(41)40-22-9-10-24-42(40)45(43)32-34/h1-32H. The molecule has 11 rings (SSSR count). The first kappa shape index (κ1) is 32.1. The van der Waals surface area contributed by atoms with Crippen LogP contribution in [0.4, 0.5) is 0 Å². The number of rotatable bonds is 5. The molecule has 9 aromatic carbocycles. The van der Waals surface area contributed by atoms with Crippen LogP contribution in [0.1, 0.15) is 0 Å². The minimum absolute atomic E-state index is 0.811. The molecule has 0 atom stereocenters. The maximum Gasteiger partial charge on any atom is 0.171 e. The molecule has 2 heterocycles. The molecule has 0 radical (unpaired) electrons. The van der Waals surface area contributed by atoms with Crippen LogP contribution in [0.3, 0.4) is 0 Å². The molecular formula is C51H32NOPS. The highest BCUT2D eigenvalue weighted by Gasteiger charge is 2.30. The summed E-state index contributed by atoms with van der Waals surface area (Å²) in [6.45, 7) is 0. The number of hydrogen-bond donors (Lipinski definition) is 0.